The van der Waals surface area contributed by atoms with Crippen molar-refractivity contribution < 1.29 is 40.6 Å². The lowest BCUT2D eigenvalue weighted by Gasteiger charge is -2.29. The lowest BCUT2D eigenvalue weighted by molar-refractivity contribution is -0.192. The molecule has 3 aromatic rings. The summed E-state index contributed by atoms with van der Waals surface area (Å²) in [5.41, 5.74) is 2.74. The third-order valence-electron chi connectivity index (χ3n) is 7.71. The van der Waals surface area contributed by atoms with Crippen LogP contribution in [0.4, 0.5) is 29.1 Å². The van der Waals surface area contributed by atoms with Gasteiger partial charge in [-0.3, -0.25) is 0 Å². The summed E-state index contributed by atoms with van der Waals surface area (Å²) >= 11 is 0. The number of aliphatic carboxylic acids is 1. The third kappa shape index (κ3) is 8.88. The van der Waals surface area contributed by atoms with E-state index in [1.165, 1.54) is 12.1 Å². The van der Waals surface area contributed by atoms with Crippen molar-refractivity contribution in [3.8, 4) is 28.8 Å². The molecule has 2 aliphatic heterocycles. The number of hydrogen-bond acceptors (Lipinski definition) is 9. The van der Waals surface area contributed by atoms with E-state index >= 15 is 0 Å². The Bertz CT molecular complexity index is 1670. The average molecular weight is 667 g/mol. The lowest BCUT2D eigenvalue weighted by atomic mass is 10.0. The van der Waals surface area contributed by atoms with Gasteiger partial charge in [0.2, 0.25) is 0 Å². The summed E-state index contributed by atoms with van der Waals surface area (Å²) in [6.07, 6.45) is -1.71. The summed E-state index contributed by atoms with van der Waals surface area (Å²) in [6, 6.07) is 14.0. The maximum absolute atomic E-state index is 14.6. The SMILES string of the molecule is COc1cc(N2CCS(=O)(=O)CC2)ccc1-n1nc(NC[C@H]2CCCNCC2)cc1-c1ccc(C#N)c(F)c1.O=C(O)C(F)(F)F. The minimum atomic E-state index is -5.08. The number of carboxylic acid groups (broad SMARTS) is 1. The van der Waals surface area contributed by atoms with Gasteiger partial charge in [0.15, 0.2) is 9.84 Å². The molecule has 0 bridgehead atoms. The molecule has 2 aromatic carbocycles. The number of anilines is 2. The molecule has 3 heterocycles. The van der Waals surface area contributed by atoms with Gasteiger partial charge < -0.3 is 25.4 Å². The smallest absolute Gasteiger partial charge is 0.490 e. The number of alkyl halides is 3. The summed E-state index contributed by atoms with van der Waals surface area (Å²) in [6.45, 7) is 3.68. The Morgan fingerprint density at radius 3 is 2.50 bits per heavy atom. The number of nitrogens with zero attached hydrogens (tertiary/aromatic N) is 4. The van der Waals surface area contributed by atoms with E-state index in [2.05, 4.69) is 10.6 Å². The second kappa shape index (κ2) is 14.8. The number of sulfone groups is 1. The van der Waals surface area contributed by atoms with Crippen molar-refractivity contribution in [3.63, 3.8) is 0 Å². The number of nitriles is 1. The molecule has 0 saturated carbocycles. The molecular formula is C30H34F4N6O5S. The van der Waals surface area contributed by atoms with Crippen LogP contribution in [0, 0.1) is 23.1 Å². The fourth-order valence-electron chi connectivity index (χ4n) is 5.17. The zero-order chi connectivity index (χ0) is 33.5. The minimum absolute atomic E-state index is 0.0179. The fraction of sp³-hybridized carbons (Fsp3) is 0.433. The predicted octanol–water partition coefficient (Wildman–Crippen LogP) is 4.23. The van der Waals surface area contributed by atoms with Crippen LogP contribution in [0.2, 0.25) is 0 Å². The number of hydrogen-bond donors (Lipinski definition) is 3. The van der Waals surface area contributed by atoms with Gasteiger partial charge in [0.1, 0.15) is 29.1 Å². The molecule has 0 unspecified atom stereocenters. The van der Waals surface area contributed by atoms with Crippen LogP contribution in [-0.2, 0) is 14.6 Å². The predicted molar refractivity (Wildman–Crippen MR) is 163 cm³/mol. The highest BCUT2D eigenvalue weighted by Crippen LogP contribution is 2.34. The summed E-state index contributed by atoms with van der Waals surface area (Å²) in [4.78, 5) is 10.9. The number of methoxy groups -OCH3 is 1. The first-order valence-corrected chi connectivity index (χ1v) is 16.3. The van der Waals surface area contributed by atoms with Gasteiger partial charge in [-0.1, -0.05) is 6.07 Å². The molecule has 0 radical (unpaired) electrons. The average Bonchev–Trinajstić information content (AvgIpc) is 3.26. The highest BCUT2D eigenvalue weighted by atomic mass is 32.2. The van der Waals surface area contributed by atoms with Crippen molar-refractivity contribution in [1.82, 2.24) is 15.1 Å². The summed E-state index contributed by atoms with van der Waals surface area (Å²) in [5.74, 6) is -1.35. The Morgan fingerprint density at radius 2 is 1.87 bits per heavy atom. The molecule has 16 heteroatoms. The van der Waals surface area contributed by atoms with Gasteiger partial charge in [0, 0.05) is 43.0 Å². The number of carbonyl (C=O) groups is 1. The maximum Gasteiger partial charge on any atom is 0.490 e. The normalized spacial score (nSPS) is 18.0. The Hall–Kier alpha value is -4.36. The van der Waals surface area contributed by atoms with Crippen LogP contribution in [0.5, 0.6) is 5.75 Å². The molecule has 0 spiro atoms. The standard InChI is InChI=1S/C28H33FN6O3S.C2HF3O2/c1-38-27-16-23(34-11-13-39(36,37)14-12-34)6-7-25(27)35-26(21-4-5-22(18-30)24(29)15-21)17-28(33-35)32-19-20-3-2-9-31-10-8-20;3-2(4,5)1(6)7/h4-7,15-17,20,31H,2-3,8-14,19H2,1H3,(H,32,33);(H,6,7)/t20-;/m0./s1. The third-order valence-corrected chi connectivity index (χ3v) is 9.31. The van der Waals surface area contributed by atoms with Crippen LogP contribution in [0.3, 0.4) is 0 Å². The molecule has 2 saturated heterocycles. The molecule has 46 heavy (non-hydrogen) atoms. The monoisotopic (exact) mass is 666 g/mol. The Balaban J connectivity index is 0.000000617. The van der Waals surface area contributed by atoms with Gasteiger partial charge in [-0.05, 0) is 62.5 Å². The molecule has 2 aliphatic rings. The second-order valence-electron chi connectivity index (χ2n) is 10.9. The highest BCUT2D eigenvalue weighted by molar-refractivity contribution is 7.91. The van der Waals surface area contributed by atoms with Gasteiger partial charge in [0.25, 0.3) is 0 Å². The minimum Gasteiger partial charge on any atom is -0.494 e. The van der Waals surface area contributed by atoms with E-state index in [1.54, 1.807) is 17.9 Å². The lowest BCUT2D eigenvalue weighted by Crippen LogP contribution is -2.40. The first kappa shape index (κ1) is 34.5. The number of nitrogens with one attached hydrogen (secondary N) is 2. The molecule has 11 nitrogen and oxygen atoms in total. The van der Waals surface area contributed by atoms with Crippen molar-refractivity contribution in [2.24, 2.45) is 5.92 Å². The van der Waals surface area contributed by atoms with Crippen LogP contribution >= 0.6 is 0 Å². The van der Waals surface area contributed by atoms with Crippen molar-refractivity contribution in [3.05, 3.63) is 53.8 Å². The quantitative estimate of drug-likeness (QED) is 0.313. The fourth-order valence-corrected chi connectivity index (χ4v) is 6.38. The van der Waals surface area contributed by atoms with Crippen molar-refractivity contribution in [2.75, 3.05) is 61.6 Å². The number of carboxylic acids is 1. The number of halogens is 4. The maximum atomic E-state index is 14.6. The summed E-state index contributed by atoms with van der Waals surface area (Å²) < 4.78 is 77.6. The molecule has 0 amide bonds. The zero-order valence-electron chi connectivity index (χ0n) is 25.0. The molecular weight excluding hydrogens is 632 g/mol. The topological polar surface area (TPSA) is 150 Å². The van der Waals surface area contributed by atoms with Gasteiger partial charge in [-0.15, -0.1) is 5.10 Å². The van der Waals surface area contributed by atoms with Crippen molar-refractivity contribution >= 4 is 27.3 Å². The van der Waals surface area contributed by atoms with Crippen LogP contribution in [0.1, 0.15) is 24.8 Å². The van der Waals surface area contributed by atoms with Gasteiger partial charge in [-0.25, -0.2) is 22.3 Å². The van der Waals surface area contributed by atoms with Gasteiger partial charge in [-0.2, -0.15) is 18.4 Å². The van der Waals surface area contributed by atoms with E-state index in [4.69, 9.17) is 19.7 Å². The molecule has 2 fully saturated rings. The van der Waals surface area contributed by atoms with Crippen LogP contribution < -0.4 is 20.3 Å². The zero-order valence-corrected chi connectivity index (χ0v) is 25.8. The van der Waals surface area contributed by atoms with Gasteiger partial charge >= 0.3 is 12.1 Å². The number of rotatable bonds is 7. The second-order valence-corrected chi connectivity index (χ2v) is 13.2. The summed E-state index contributed by atoms with van der Waals surface area (Å²) in [5, 5.41) is 28.1. The molecule has 248 valence electrons. The Labute approximate surface area is 263 Å². The number of ether oxygens (including phenoxy) is 1. The molecule has 0 aliphatic carbocycles. The van der Waals surface area contributed by atoms with Crippen LogP contribution in [0.25, 0.3) is 16.9 Å². The van der Waals surface area contributed by atoms with Crippen molar-refractivity contribution in [1.29, 1.82) is 5.26 Å². The van der Waals surface area contributed by atoms with E-state index in [0.717, 1.165) is 44.6 Å². The van der Waals surface area contributed by atoms with E-state index in [-0.39, 0.29) is 17.1 Å². The highest BCUT2D eigenvalue weighted by Gasteiger charge is 2.38. The Kier molecular flexibility index (Phi) is 11.1. The first-order valence-electron chi connectivity index (χ1n) is 14.5. The molecule has 1 atom stereocenters. The van der Waals surface area contributed by atoms with E-state index in [0.29, 0.717) is 47.5 Å². The number of aromatic nitrogens is 2. The number of benzene rings is 2. The van der Waals surface area contributed by atoms with E-state index in [1.807, 2.05) is 35.2 Å². The van der Waals surface area contributed by atoms with E-state index in [9.17, 15) is 31.2 Å². The molecule has 5 rings (SSSR count). The molecule has 1 aromatic heterocycles. The van der Waals surface area contributed by atoms with Gasteiger partial charge in [0.05, 0.1) is 29.9 Å². The van der Waals surface area contributed by atoms with Crippen LogP contribution in [-0.4, -0.2) is 86.8 Å². The summed E-state index contributed by atoms with van der Waals surface area (Å²) in [7, 11) is -1.42. The Morgan fingerprint density at radius 1 is 1.15 bits per heavy atom. The largest absolute Gasteiger partial charge is 0.494 e. The first-order chi connectivity index (χ1) is 21.8. The molecule has 3 N–H and O–H groups in total. The van der Waals surface area contributed by atoms with Crippen molar-refractivity contribution in [2.45, 2.75) is 25.4 Å². The van der Waals surface area contributed by atoms with E-state index < -0.39 is 27.8 Å². The van der Waals surface area contributed by atoms with Crippen LogP contribution in [0.15, 0.2) is 42.5 Å².